The van der Waals surface area contributed by atoms with Gasteiger partial charge in [-0.1, -0.05) is 48.5 Å². The van der Waals surface area contributed by atoms with Crippen molar-refractivity contribution in [2.45, 2.75) is 0 Å². The number of aromatic nitrogens is 2. The van der Waals surface area contributed by atoms with Crippen LogP contribution in [0.2, 0.25) is 0 Å². The maximum Gasteiger partial charge on any atom is 0.256 e. The molecule has 0 saturated carbocycles. The number of anilines is 1. The maximum absolute atomic E-state index is 12.6. The Bertz CT molecular complexity index is 991. The molecule has 0 fully saturated rings. The summed E-state index contributed by atoms with van der Waals surface area (Å²) in [6, 6.07) is 26.7. The minimum atomic E-state index is -0.154. The Morgan fingerprint density at radius 3 is 2.17 bits per heavy atom. The quantitative estimate of drug-likeness (QED) is 0.614. The summed E-state index contributed by atoms with van der Waals surface area (Å²) in [5, 5.41) is 8.55. The Morgan fingerprint density at radius 1 is 0.792 bits per heavy atom. The molecule has 0 atom stereocenters. The highest BCUT2D eigenvalue weighted by atomic mass is 16.1. The highest BCUT2D eigenvalue weighted by Gasteiger charge is 2.15. The second-order valence-electron chi connectivity index (χ2n) is 5.43. The molecule has 0 radical (unpaired) electrons. The Kier molecular flexibility index (Phi) is 3.56. The van der Waals surface area contributed by atoms with Crippen molar-refractivity contribution in [1.29, 1.82) is 0 Å². The maximum atomic E-state index is 12.6. The summed E-state index contributed by atoms with van der Waals surface area (Å²) in [6.45, 7) is 0. The predicted molar refractivity (Wildman–Crippen MR) is 95.5 cm³/mol. The first kappa shape index (κ1) is 14.2. The van der Waals surface area contributed by atoms with Gasteiger partial charge >= 0.3 is 0 Å². The molecule has 1 N–H and O–H groups in total. The molecular weight excluding hydrogens is 298 g/mol. The average molecular weight is 313 g/mol. The lowest BCUT2D eigenvalue weighted by molar-refractivity contribution is 0.102. The molecule has 3 aromatic carbocycles. The van der Waals surface area contributed by atoms with E-state index in [1.807, 2.05) is 72.8 Å². The van der Waals surface area contributed by atoms with Gasteiger partial charge in [0.25, 0.3) is 5.91 Å². The Morgan fingerprint density at radius 2 is 1.42 bits per heavy atom. The van der Waals surface area contributed by atoms with Gasteiger partial charge in [0, 0.05) is 10.9 Å². The van der Waals surface area contributed by atoms with Gasteiger partial charge in [-0.05, 0) is 36.4 Å². The van der Waals surface area contributed by atoms with Crippen LogP contribution in [0.4, 0.5) is 5.82 Å². The second-order valence-corrected chi connectivity index (χ2v) is 5.43. The van der Waals surface area contributed by atoms with Gasteiger partial charge in [0.2, 0.25) is 0 Å². The van der Waals surface area contributed by atoms with Crippen molar-refractivity contribution in [1.82, 2.24) is 9.78 Å². The molecule has 4 nitrogen and oxygen atoms in total. The molecule has 0 saturated heterocycles. The molecule has 0 aliphatic rings. The predicted octanol–water partition coefficient (Wildman–Crippen LogP) is 4.28. The van der Waals surface area contributed by atoms with Crippen molar-refractivity contribution in [3.8, 4) is 5.69 Å². The van der Waals surface area contributed by atoms with Gasteiger partial charge in [-0.15, -0.1) is 0 Å². The summed E-state index contributed by atoms with van der Waals surface area (Å²) in [5.41, 5.74) is 2.35. The summed E-state index contributed by atoms with van der Waals surface area (Å²) < 4.78 is 1.77. The van der Waals surface area contributed by atoms with E-state index in [1.165, 1.54) is 0 Å². The molecule has 0 spiro atoms. The van der Waals surface area contributed by atoms with Gasteiger partial charge in [-0.25, -0.2) is 4.68 Å². The van der Waals surface area contributed by atoms with Crippen LogP contribution in [-0.4, -0.2) is 15.7 Å². The van der Waals surface area contributed by atoms with E-state index in [0.717, 1.165) is 16.6 Å². The van der Waals surface area contributed by atoms with E-state index in [4.69, 9.17) is 0 Å². The fourth-order valence-corrected chi connectivity index (χ4v) is 2.68. The molecule has 4 aromatic rings. The average Bonchev–Trinajstić information content (AvgIpc) is 3.02. The van der Waals surface area contributed by atoms with Crippen molar-refractivity contribution >= 4 is 22.6 Å². The number of nitrogens with one attached hydrogen (secondary N) is 1. The number of carbonyl (C=O) groups is 1. The van der Waals surface area contributed by atoms with Crippen LogP contribution in [0.1, 0.15) is 10.4 Å². The number of hydrogen-bond acceptors (Lipinski definition) is 2. The summed E-state index contributed by atoms with van der Waals surface area (Å²) in [5.74, 6) is 0.518. The van der Waals surface area contributed by atoms with E-state index >= 15 is 0 Å². The van der Waals surface area contributed by atoms with Gasteiger partial charge in [0.15, 0.2) is 0 Å². The van der Waals surface area contributed by atoms with Crippen molar-refractivity contribution in [3.05, 3.63) is 90.5 Å². The SMILES string of the molecule is O=C(Nc1c2ccccc2nn1-c1ccccc1)c1ccccc1. The Labute approximate surface area is 139 Å². The molecule has 4 heteroatoms. The van der Waals surface area contributed by atoms with Crippen LogP contribution in [0.15, 0.2) is 84.9 Å². The number of nitrogens with zero attached hydrogens (tertiary/aromatic N) is 2. The number of amides is 1. The first-order valence-corrected chi connectivity index (χ1v) is 7.72. The third kappa shape index (κ3) is 2.54. The Hall–Kier alpha value is -3.40. The van der Waals surface area contributed by atoms with E-state index in [2.05, 4.69) is 10.4 Å². The zero-order chi connectivity index (χ0) is 16.4. The molecular formula is C20H15N3O. The van der Waals surface area contributed by atoms with Crippen molar-refractivity contribution < 1.29 is 4.79 Å². The number of carbonyl (C=O) groups excluding carboxylic acids is 1. The van der Waals surface area contributed by atoms with Crippen LogP contribution in [0.3, 0.4) is 0 Å². The molecule has 1 amide bonds. The number of fused-ring (bicyclic) bond motifs is 1. The standard InChI is InChI=1S/C20H15N3O/c24-20(15-9-3-1-4-10-15)21-19-17-13-7-8-14-18(17)22-23(19)16-11-5-2-6-12-16/h1-14H,(H,21,24). The van der Waals surface area contributed by atoms with Crippen LogP contribution in [0.5, 0.6) is 0 Å². The van der Waals surface area contributed by atoms with Crippen molar-refractivity contribution in [2.75, 3.05) is 5.32 Å². The molecule has 1 heterocycles. The van der Waals surface area contributed by atoms with Gasteiger partial charge in [0.1, 0.15) is 5.82 Å². The van der Waals surface area contributed by atoms with E-state index in [0.29, 0.717) is 11.4 Å². The lowest BCUT2D eigenvalue weighted by Gasteiger charge is -2.09. The smallest absolute Gasteiger partial charge is 0.256 e. The third-order valence-corrected chi connectivity index (χ3v) is 3.85. The van der Waals surface area contributed by atoms with Crippen LogP contribution >= 0.6 is 0 Å². The second kappa shape index (κ2) is 6.01. The molecule has 0 unspecified atom stereocenters. The van der Waals surface area contributed by atoms with Crippen molar-refractivity contribution in [3.63, 3.8) is 0 Å². The van der Waals surface area contributed by atoms with E-state index in [-0.39, 0.29) is 5.91 Å². The highest BCUT2D eigenvalue weighted by Crippen LogP contribution is 2.26. The lowest BCUT2D eigenvalue weighted by Crippen LogP contribution is -2.15. The van der Waals surface area contributed by atoms with Crippen LogP contribution < -0.4 is 5.32 Å². The summed E-state index contributed by atoms with van der Waals surface area (Å²) >= 11 is 0. The fraction of sp³-hybridized carbons (Fsp3) is 0. The molecule has 4 rings (SSSR count). The molecule has 1 aromatic heterocycles. The molecule has 0 aliphatic carbocycles. The van der Waals surface area contributed by atoms with Gasteiger partial charge < -0.3 is 5.32 Å². The minimum Gasteiger partial charge on any atom is -0.306 e. The van der Waals surface area contributed by atoms with Crippen LogP contribution in [0.25, 0.3) is 16.6 Å². The van der Waals surface area contributed by atoms with E-state index in [9.17, 15) is 4.79 Å². The topological polar surface area (TPSA) is 46.9 Å². The third-order valence-electron chi connectivity index (χ3n) is 3.85. The summed E-state index contributed by atoms with van der Waals surface area (Å²) in [4.78, 5) is 12.6. The Balaban J connectivity index is 1.83. The number of rotatable bonds is 3. The number of para-hydroxylation sites is 1. The number of hydrogen-bond donors (Lipinski definition) is 1. The van der Waals surface area contributed by atoms with Crippen molar-refractivity contribution in [2.24, 2.45) is 0 Å². The van der Waals surface area contributed by atoms with Crippen LogP contribution in [-0.2, 0) is 0 Å². The summed E-state index contributed by atoms with van der Waals surface area (Å²) in [7, 11) is 0. The largest absolute Gasteiger partial charge is 0.306 e. The van der Waals surface area contributed by atoms with Gasteiger partial charge in [0.05, 0.1) is 11.2 Å². The molecule has 0 aliphatic heterocycles. The lowest BCUT2D eigenvalue weighted by atomic mass is 10.2. The first-order chi connectivity index (χ1) is 11.8. The van der Waals surface area contributed by atoms with Crippen LogP contribution in [0, 0.1) is 0 Å². The molecule has 116 valence electrons. The zero-order valence-corrected chi connectivity index (χ0v) is 12.9. The van der Waals surface area contributed by atoms with E-state index in [1.54, 1.807) is 16.8 Å². The van der Waals surface area contributed by atoms with Gasteiger partial charge in [-0.3, -0.25) is 4.79 Å². The molecule has 0 bridgehead atoms. The zero-order valence-electron chi connectivity index (χ0n) is 12.9. The first-order valence-electron chi connectivity index (χ1n) is 7.72. The minimum absolute atomic E-state index is 0.154. The fourth-order valence-electron chi connectivity index (χ4n) is 2.68. The normalized spacial score (nSPS) is 10.7. The number of benzene rings is 3. The van der Waals surface area contributed by atoms with E-state index < -0.39 is 0 Å². The molecule has 24 heavy (non-hydrogen) atoms. The monoisotopic (exact) mass is 313 g/mol. The van der Waals surface area contributed by atoms with Gasteiger partial charge in [-0.2, -0.15) is 5.10 Å². The summed E-state index contributed by atoms with van der Waals surface area (Å²) in [6.07, 6.45) is 0. The highest BCUT2D eigenvalue weighted by molar-refractivity contribution is 6.08.